The number of nitrogens with zero attached hydrogens (tertiary/aromatic N) is 4. The molecule has 4 unspecified atom stereocenters. The van der Waals surface area contributed by atoms with Crippen molar-refractivity contribution >= 4 is 47.0 Å². The van der Waals surface area contributed by atoms with E-state index in [1.165, 1.54) is 24.8 Å². The van der Waals surface area contributed by atoms with Gasteiger partial charge in [-0.05, 0) is 74.2 Å². The normalized spacial score (nSPS) is 11.9. The molecule has 0 aliphatic rings. The van der Waals surface area contributed by atoms with Crippen molar-refractivity contribution in [3.8, 4) is 0 Å². The maximum atomic E-state index is 11.2. The third-order valence-electron chi connectivity index (χ3n) is 7.88. The molecular weight excluding hydrogens is 820 g/mol. The van der Waals surface area contributed by atoms with Gasteiger partial charge >= 0.3 is 26.2 Å². The Morgan fingerprint density at radius 1 is 0.386 bits per heavy atom. The minimum absolute atomic E-state index is 0. The molecule has 57 heavy (non-hydrogen) atoms. The van der Waals surface area contributed by atoms with Gasteiger partial charge in [0.1, 0.15) is 23.9 Å². The number of Topliss-reactive ketones (excluding diaryl/α,β-unsaturated/α-hetero) is 4. The van der Waals surface area contributed by atoms with Gasteiger partial charge in [-0.25, -0.2) is 0 Å². The molecule has 0 aliphatic heterocycles. The summed E-state index contributed by atoms with van der Waals surface area (Å²) >= 11 is 0. The maximum Gasteiger partial charge on any atom is 4.00 e. The van der Waals surface area contributed by atoms with Crippen molar-refractivity contribution in [2.24, 2.45) is 0 Å². The monoisotopic (exact) mass is 858 g/mol. The van der Waals surface area contributed by atoms with E-state index < -0.39 is 70.7 Å². The summed E-state index contributed by atoms with van der Waals surface area (Å²) in [4.78, 5) is 102. The zero-order valence-corrected chi connectivity index (χ0v) is 34.0. The Balaban J connectivity index is 0.000000729. The fraction of sp³-hybridized carbons (Fsp3) is 0.300. The molecule has 17 heteroatoms. The van der Waals surface area contributed by atoms with Crippen molar-refractivity contribution in [3.05, 3.63) is 120 Å². The predicted octanol–water partition coefficient (Wildman–Crippen LogP) is -0.426. The molecule has 0 aliphatic carbocycles. The van der Waals surface area contributed by atoms with Gasteiger partial charge in [0, 0.05) is 24.8 Å². The molecule has 0 saturated heterocycles. The average molecular weight is 860 g/mol. The number of hydrogen-bond acceptors (Lipinski definition) is 16. The van der Waals surface area contributed by atoms with E-state index in [1.54, 1.807) is 100 Å². The summed E-state index contributed by atoms with van der Waals surface area (Å²) < 4.78 is 0. The number of carboxylic acids is 4. The molecule has 4 atom stereocenters. The Morgan fingerprint density at radius 2 is 0.561 bits per heavy atom. The van der Waals surface area contributed by atoms with Crippen LogP contribution in [0.3, 0.4) is 0 Å². The summed E-state index contributed by atoms with van der Waals surface area (Å²) in [5.41, 5.74) is 1.90. The average Bonchev–Trinajstić information content (AvgIpc) is 3.21. The largest absolute Gasteiger partial charge is 4.00 e. The van der Waals surface area contributed by atoms with E-state index in [0.717, 1.165) is 0 Å². The first kappa shape index (κ1) is 51.0. The molecule has 0 fully saturated rings. The molecule has 0 bridgehead atoms. The van der Waals surface area contributed by atoms with Gasteiger partial charge in [0.2, 0.25) is 0 Å². The first-order chi connectivity index (χ1) is 26.7. The third kappa shape index (κ3) is 17.2. The Bertz CT molecular complexity index is 1620. The Labute approximate surface area is 348 Å². The molecule has 4 aromatic heterocycles. The second-order valence-electron chi connectivity index (χ2n) is 11.5. The van der Waals surface area contributed by atoms with E-state index in [1.807, 2.05) is 0 Å². The van der Waals surface area contributed by atoms with Crippen molar-refractivity contribution in [1.29, 1.82) is 0 Å². The molecule has 0 radical (unpaired) electrons. The minimum atomic E-state index is -1.65. The quantitative estimate of drug-likeness (QED) is 0.129. The fourth-order valence-electron chi connectivity index (χ4n) is 5.01. The minimum Gasteiger partial charge on any atom is -0.542 e. The fourth-order valence-corrected chi connectivity index (χ4v) is 5.01. The predicted molar refractivity (Wildman–Crippen MR) is 189 cm³/mol. The van der Waals surface area contributed by atoms with Crippen LogP contribution in [0.1, 0.15) is 99.8 Å². The number of hydrogen-bond donors (Lipinski definition) is 0. The van der Waals surface area contributed by atoms with Crippen LogP contribution in [0.4, 0.5) is 0 Å². The van der Waals surface area contributed by atoms with Crippen LogP contribution in [-0.4, -0.2) is 66.9 Å². The van der Waals surface area contributed by atoms with E-state index in [-0.39, 0.29) is 26.2 Å². The van der Waals surface area contributed by atoms with Crippen LogP contribution in [0.15, 0.2) is 97.6 Å². The number of aromatic nitrogens is 4. The molecule has 4 aromatic rings. The smallest absolute Gasteiger partial charge is 0.542 e. The zero-order valence-electron chi connectivity index (χ0n) is 31.6. The van der Waals surface area contributed by atoms with E-state index >= 15 is 0 Å². The molecule has 0 aromatic carbocycles. The first-order valence-corrected chi connectivity index (χ1v) is 17.3. The summed E-state index contributed by atoms with van der Waals surface area (Å²) in [6.45, 7) is 6.95. The number of rotatable bonds is 16. The summed E-state index contributed by atoms with van der Waals surface area (Å²) in [5.74, 6) is -13.0. The summed E-state index contributed by atoms with van der Waals surface area (Å²) in [5, 5.41) is 41.5. The zero-order chi connectivity index (χ0) is 42.2. The van der Waals surface area contributed by atoms with Crippen molar-refractivity contribution in [2.75, 3.05) is 0 Å². The van der Waals surface area contributed by atoms with E-state index in [0.29, 0.717) is 48.5 Å². The van der Waals surface area contributed by atoms with Gasteiger partial charge in [-0.2, -0.15) is 0 Å². The number of carbonyl (C=O) groups is 8. The number of ketones is 4. The van der Waals surface area contributed by atoms with Gasteiger partial charge in [0.25, 0.3) is 0 Å². The number of pyridine rings is 4. The SMILES string of the molecule is CCC(C(=O)C(=O)[O-])c1ccccn1.CCC(C(=O)C(=O)[O-])c1ccccn1.CCC(C(=O)C(=O)[O-])c1ccccn1.CCC(C(=O)C(=O)[O-])c1ccccn1.[Zr+4]. The molecule has 0 N–H and O–H groups in total. The third-order valence-corrected chi connectivity index (χ3v) is 7.88. The van der Waals surface area contributed by atoms with Crippen LogP contribution in [0.5, 0.6) is 0 Å². The van der Waals surface area contributed by atoms with Crippen LogP contribution in [0.2, 0.25) is 0 Å². The second-order valence-corrected chi connectivity index (χ2v) is 11.5. The van der Waals surface area contributed by atoms with Crippen LogP contribution in [0.25, 0.3) is 0 Å². The number of carbonyl (C=O) groups excluding carboxylic acids is 8. The Kier molecular flexibility index (Phi) is 24.7. The molecule has 296 valence electrons. The Morgan fingerprint density at radius 3 is 0.667 bits per heavy atom. The molecule has 0 amide bonds. The number of aliphatic carboxylic acids is 4. The van der Waals surface area contributed by atoms with E-state index in [2.05, 4.69) is 19.9 Å². The second kappa shape index (κ2) is 27.6. The summed E-state index contributed by atoms with van der Waals surface area (Å²) in [7, 11) is 0. The molecule has 0 saturated carbocycles. The Hall–Kier alpha value is -5.96. The van der Waals surface area contributed by atoms with Crippen molar-refractivity contribution in [3.63, 3.8) is 0 Å². The van der Waals surface area contributed by atoms with E-state index in [4.69, 9.17) is 0 Å². The van der Waals surface area contributed by atoms with Gasteiger partial charge in [0.15, 0.2) is 23.1 Å². The van der Waals surface area contributed by atoms with Gasteiger partial charge in [-0.3, -0.25) is 39.1 Å². The van der Waals surface area contributed by atoms with E-state index in [9.17, 15) is 58.8 Å². The molecule has 16 nitrogen and oxygen atoms in total. The van der Waals surface area contributed by atoms with Gasteiger partial charge in [-0.15, -0.1) is 0 Å². The van der Waals surface area contributed by atoms with Crippen molar-refractivity contribution < 1.29 is 85.0 Å². The first-order valence-electron chi connectivity index (χ1n) is 17.3. The number of carboxylic acid groups (broad SMARTS) is 4. The van der Waals surface area contributed by atoms with Crippen LogP contribution in [-0.2, 0) is 64.6 Å². The van der Waals surface area contributed by atoms with Gasteiger partial charge in [0.05, 0.1) is 46.4 Å². The summed E-state index contributed by atoms with van der Waals surface area (Å²) in [6.07, 6.45) is 7.74. The molecule has 4 heterocycles. The van der Waals surface area contributed by atoms with Crippen molar-refractivity contribution in [2.45, 2.75) is 77.0 Å². The molecular formula is C40H40N4O12Zr. The van der Waals surface area contributed by atoms with Crippen molar-refractivity contribution in [1.82, 2.24) is 19.9 Å². The topological polar surface area (TPSA) is 280 Å². The van der Waals surface area contributed by atoms with Crippen LogP contribution >= 0.6 is 0 Å². The standard InChI is InChI=1S/4C10H11NO3.Zr/c4*1-2-7(9(12)10(13)14)8-5-3-4-6-11-8;/h4*3-7H,2H2,1H3,(H,13,14);/q;;;;+4/p-4. The van der Waals surface area contributed by atoms with Crippen LogP contribution in [0, 0.1) is 0 Å². The summed E-state index contributed by atoms with van der Waals surface area (Å²) in [6, 6.07) is 20.2. The molecule has 4 rings (SSSR count). The van der Waals surface area contributed by atoms with Crippen LogP contribution < -0.4 is 20.4 Å². The maximum absolute atomic E-state index is 11.2. The van der Waals surface area contributed by atoms with Gasteiger partial charge in [-0.1, -0.05) is 52.0 Å². The molecule has 0 spiro atoms. The van der Waals surface area contributed by atoms with Gasteiger partial charge < -0.3 is 39.6 Å².